The number of anilines is 1. The zero-order chi connectivity index (χ0) is 16.7. The number of nitrogens with zero attached hydrogens (tertiary/aromatic N) is 4. The lowest BCUT2D eigenvalue weighted by Crippen LogP contribution is -2.12. The van der Waals surface area contributed by atoms with E-state index in [2.05, 4.69) is 25.4 Å². The van der Waals surface area contributed by atoms with Gasteiger partial charge in [-0.25, -0.2) is 9.97 Å². The Bertz CT molecular complexity index is 1040. The summed E-state index contributed by atoms with van der Waals surface area (Å²) in [7, 11) is 1.76. The van der Waals surface area contributed by atoms with Crippen LogP contribution in [0.2, 0.25) is 0 Å². The number of aromatic amines is 1. The molecule has 2 N–H and O–H groups in total. The van der Waals surface area contributed by atoms with Crippen LogP contribution in [0.3, 0.4) is 0 Å². The molecule has 0 atom stereocenters. The Morgan fingerprint density at radius 1 is 1.25 bits per heavy atom. The molecule has 0 aliphatic rings. The number of aromatic nitrogens is 5. The molecule has 24 heavy (non-hydrogen) atoms. The summed E-state index contributed by atoms with van der Waals surface area (Å²) in [5.41, 5.74) is 2.13. The summed E-state index contributed by atoms with van der Waals surface area (Å²) >= 11 is 0. The zero-order valence-corrected chi connectivity index (χ0v) is 13.1. The first-order valence-corrected chi connectivity index (χ1v) is 7.30. The third-order valence-corrected chi connectivity index (χ3v) is 3.60. The number of amides is 1. The second-order valence-corrected chi connectivity index (χ2v) is 5.44. The average molecular weight is 322 g/mol. The number of nitrogens with one attached hydrogen (secondary N) is 2. The summed E-state index contributed by atoms with van der Waals surface area (Å²) in [6.45, 7) is 1.79. The molecule has 4 rings (SSSR count). The standard InChI is InChI=1S/C16H14N6O2/c1-9-17-7-14(24-9)13-3-10-5-18-15(4-12(10)20-13)21-16(23)11-6-19-22(2)8-11/h3-8,20H,1-2H3,(H,18,21,23). The fourth-order valence-electron chi connectivity index (χ4n) is 2.44. The number of carbonyl (C=O) groups is 1. The van der Waals surface area contributed by atoms with Crippen molar-refractivity contribution < 1.29 is 9.21 Å². The highest BCUT2D eigenvalue weighted by molar-refractivity contribution is 6.04. The van der Waals surface area contributed by atoms with Crippen molar-refractivity contribution in [2.75, 3.05) is 5.32 Å². The Labute approximate surface area is 136 Å². The Morgan fingerprint density at radius 3 is 2.83 bits per heavy atom. The third kappa shape index (κ3) is 2.54. The number of fused-ring (bicyclic) bond motifs is 1. The number of H-pyrrole nitrogens is 1. The van der Waals surface area contributed by atoms with E-state index in [1.807, 2.05) is 6.07 Å². The molecule has 0 unspecified atom stereocenters. The van der Waals surface area contributed by atoms with Gasteiger partial charge < -0.3 is 14.7 Å². The summed E-state index contributed by atoms with van der Waals surface area (Å²) in [5, 5.41) is 7.65. The quantitative estimate of drug-likeness (QED) is 0.603. The van der Waals surface area contributed by atoms with E-state index in [0.29, 0.717) is 23.0 Å². The van der Waals surface area contributed by atoms with Gasteiger partial charge in [0.05, 0.1) is 29.2 Å². The van der Waals surface area contributed by atoms with Crippen LogP contribution in [0.5, 0.6) is 0 Å². The third-order valence-electron chi connectivity index (χ3n) is 3.60. The van der Waals surface area contributed by atoms with Crippen molar-refractivity contribution in [3.8, 4) is 11.5 Å². The molecule has 0 spiro atoms. The fourth-order valence-corrected chi connectivity index (χ4v) is 2.44. The monoisotopic (exact) mass is 322 g/mol. The molecule has 4 heterocycles. The molecule has 0 radical (unpaired) electrons. The van der Waals surface area contributed by atoms with Gasteiger partial charge in [-0.15, -0.1) is 0 Å². The number of hydrogen-bond acceptors (Lipinski definition) is 5. The van der Waals surface area contributed by atoms with Gasteiger partial charge in [0.1, 0.15) is 5.82 Å². The van der Waals surface area contributed by atoms with Gasteiger partial charge >= 0.3 is 0 Å². The van der Waals surface area contributed by atoms with Crippen molar-refractivity contribution in [1.29, 1.82) is 0 Å². The molecule has 8 nitrogen and oxygen atoms in total. The minimum atomic E-state index is -0.257. The van der Waals surface area contributed by atoms with Gasteiger partial charge in [-0.1, -0.05) is 0 Å². The molecule has 0 saturated heterocycles. The second-order valence-electron chi connectivity index (χ2n) is 5.44. The van der Waals surface area contributed by atoms with Gasteiger partial charge in [0.15, 0.2) is 11.7 Å². The van der Waals surface area contributed by atoms with Crippen molar-refractivity contribution in [2.45, 2.75) is 6.92 Å². The molecule has 0 aliphatic heterocycles. The molecule has 0 fully saturated rings. The van der Waals surface area contributed by atoms with E-state index in [1.165, 1.54) is 6.20 Å². The van der Waals surface area contributed by atoms with Crippen LogP contribution in [0.15, 0.2) is 41.3 Å². The van der Waals surface area contributed by atoms with Crippen LogP contribution >= 0.6 is 0 Å². The maximum atomic E-state index is 12.2. The lowest BCUT2D eigenvalue weighted by molar-refractivity contribution is 0.102. The van der Waals surface area contributed by atoms with Gasteiger partial charge in [-0.05, 0) is 6.07 Å². The van der Waals surface area contributed by atoms with E-state index in [9.17, 15) is 4.79 Å². The number of carbonyl (C=O) groups excluding carboxylic acids is 1. The molecule has 120 valence electrons. The van der Waals surface area contributed by atoms with Crippen LogP contribution in [0.25, 0.3) is 22.4 Å². The first-order chi connectivity index (χ1) is 11.6. The SMILES string of the molecule is Cc1ncc(-c2cc3cnc(NC(=O)c4cnn(C)c4)cc3[nH]2)o1. The molecular weight excluding hydrogens is 308 g/mol. The van der Waals surface area contributed by atoms with E-state index in [-0.39, 0.29) is 5.91 Å². The van der Waals surface area contributed by atoms with Crippen molar-refractivity contribution in [3.63, 3.8) is 0 Å². The van der Waals surface area contributed by atoms with Crippen LogP contribution < -0.4 is 5.32 Å². The molecule has 0 aliphatic carbocycles. The normalized spacial score (nSPS) is 11.1. The first-order valence-electron chi connectivity index (χ1n) is 7.30. The van der Waals surface area contributed by atoms with E-state index in [0.717, 1.165) is 16.6 Å². The van der Waals surface area contributed by atoms with Crippen molar-refractivity contribution in [2.24, 2.45) is 7.05 Å². The van der Waals surface area contributed by atoms with Crippen LogP contribution in [0.4, 0.5) is 5.82 Å². The molecule has 0 aromatic carbocycles. The predicted octanol–water partition coefficient (Wildman–Crippen LogP) is 2.51. The van der Waals surface area contributed by atoms with Crippen molar-refractivity contribution in [3.05, 3.63) is 48.4 Å². The number of pyridine rings is 1. The minimum absolute atomic E-state index is 0.257. The van der Waals surface area contributed by atoms with Crippen LogP contribution in [0.1, 0.15) is 16.2 Å². The molecule has 0 saturated carbocycles. The van der Waals surface area contributed by atoms with Crippen LogP contribution in [-0.4, -0.2) is 30.6 Å². The van der Waals surface area contributed by atoms with Crippen LogP contribution in [0, 0.1) is 6.92 Å². The molecule has 0 bridgehead atoms. The van der Waals surface area contributed by atoms with Crippen molar-refractivity contribution in [1.82, 2.24) is 24.7 Å². The fraction of sp³-hybridized carbons (Fsp3) is 0.125. The van der Waals surface area contributed by atoms with Crippen molar-refractivity contribution >= 4 is 22.6 Å². The Hall–Kier alpha value is -3.42. The highest BCUT2D eigenvalue weighted by atomic mass is 16.4. The van der Waals surface area contributed by atoms with E-state index in [4.69, 9.17) is 4.42 Å². The summed E-state index contributed by atoms with van der Waals surface area (Å²) in [4.78, 5) is 23.8. The molecule has 1 amide bonds. The summed E-state index contributed by atoms with van der Waals surface area (Å²) in [6, 6.07) is 3.70. The van der Waals surface area contributed by atoms with Gasteiger partial charge in [0, 0.05) is 37.8 Å². The maximum Gasteiger partial charge on any atom is 0.260 e. The zero-order valence-electron chi connectivity index (χ0n) is 13.1. The van der Waals surface area contributed by atoms with Gasteiger partial charge in [-0.3, -0.25) is 9.48 Å². The highest BCUT2D eigenvalue weighted by Crippen LogP contribution is 2.25. The number of hydrogen-bond donors (Lipinski definition) is 2. The summed E-state index contributed by atoms with van der Waals surface area (Å²) < 4.78 is 7.08. The summed E-state index contributed by atoms with van der Waals surface area (Å²) in [5.74, 6) is 1.46. The number of aryl methyl sites for hydroxylation is 2. The predicted molar refractivity (Wildman–Crippen MR) is 87.5 cm³/mol. The maximum absolute atomic E-state index is 12.2. The topological polar surface area (TPSA) is 102 Å². The summed E-state index contributed by atoms with van der Waals surface area (Å²) in [6.07, 6.45) is 6.51. The smallest absolute Gasteiger partial charge is 0.260 e. The Morgan fingerprint density at radius 2 is 2.12 bits per heavy atom. The average Bonchev–Trinajstić information content (AvgIpc) is 3.25. The minimum Gasteiger partial charge on any atom is -0.439 e. The second kappa shape index (κ2) is 5.34. The van der Waals surface area contributed by atoms with Gasteiger partial charge in [-0.2, -0.15) is 5.10 Å². The Balaban J connectivity index is 1.62. The molecule has 4 aromatic heterocycles. The van der Waals surface area contributed by atoms with Crippen LogP contribution in [-0.2, 0) is 7.05 Å². The highest BCUT2D eigenvalue weighted by Gasteiger charge is 2.11. The van der Waals surface area contributed by atoms with E-state index < -0.39 is 0 Å². The number of rotatable bonds is 3. The van der Waals surface area contributed by atoms with E-state index in [1.54, 1.807) is 43.3 Å². The molecule has 8 heteroatoms. The lowest BCUT2D eigenvalue weighted by Gasteiger charge is -2.02. The molecule has 4 aromatic rings. The Kier molecular flexibility index (Phi) is 3.16. The largest absolute Gasteiger partial charge is 0.439 e. The first kappa shape index (κ1) is 14.2. The van der Waals surface area contributed by atoms with Gasteiger partial charge in [0.25, 0.3) is 5.91 Å². The number of oxazole rings is 1. The lowest BCUT2D eigenvalue weighted by atomic mass is 10.3. The van der Waals surface area contributed by atoms with Gasteiger partial charge in [0.2, 0.25) is 0 Å². The molecular formula is C16H14N6O2. The van der Waals surface area contributed by atoms with E-state index >= 15 is 0 Å².